The third-order valence-corrected chi connectivity index (χ3v) is 2.42. The Bertz CT molecular complexity index is 564. The highest BCUT2D eigenvalue weighted by Gasteiger charge is 2.06. The van der Waals surface area contributed by atoms with Gasteiger partial charge < -0.3 is 10.5 Å². The van der Waals surface area contributed by atoms with Gasteiger partial charge in [-0.15, -0.1) is 0 Å². The van der Waals surface area contributed by atoms with Gasteiger partial charge in [-0.1, -0.05) is 12.2 Å². The molecule has 0 aliphatic heterocycles. The largest absolute Gasteiger partial charge is 0.421 e. The summed E-state index contributed by atoms with van der Waals surface area (Å²) < 4.78 is 7.24. The van der Waals surface area contributed by atoms with Crippen LogP contribution < -0.4 is 10.5 Å². The van der Waals surface area contributed by atoms with Crippen molar-refractivity contribution < 1.29 is 4.74 Å². The van der Waals surface area contributed by atoms with Crippen LogP contribution in [0.4, 0.5) is 0 Å². The average Bonchev–Trinajstić information content (AvgIpc) is 2.58. The maximum Gasteiger partial charge on any atom is 0.221 e. The molecule has 0 aliphatic carbocycles. The highest BCUT2D eigenvalue weighted by Crippen LogP contribution is 2.20. The van der Waals surface area contributed by atoms with E-state index in [1.54, 1.807) is 30.1 Å². The lowest BCUT2D eigenvalue weighted by Gasteiger charge is -2.05. The Morgan fingerprint density at radius 3 is 2.82 bits per heavy atom. The van der Waals surface area contributed by atoms with Crippen LogP contribution in [0.2, 0.25) is 0 Å². The zero-order chi connectivity index (χ0) is 12.4. The first kappa shape index (κ1) is 11.5. The second-order valence-corrected chi connectivity index (χ2v) is 4.04. The van der Waals surface area contributed by atoms with E-state index in [2.05, 4.69) is 10.1 Å². The normalized spacial score (nSPS) is 10.2. The molecule has 17 heavy (non-hydrogen) atoms. The Kier molecular flexibility index (Phi) is 3.06. The van der Waals surface area contributed by atoms with E-state index in [0.717, 1.165) is 11.3 Å². The number of hydrogen-bond donors (Lipinski definition) is 1. The summed E-state index contributed by atoms with van der Waals surface area (Å²) in [6.45, 7) is 1.89. The molecule has 0 atom stereocenters. The fraction of sp³-hybridized carbons (Fsp3) is 0.182. The van der Waals surface area contributed by atoms with Gasteiger partial charge in [-0.05, 0) is 13.0 Å². The fourth-order valence-electron chi connectivity index (χ4n) is 1.41. The summed E-state index contributed by atoms with van der Waals surface area (Å²) in [6, 6.07) is 5.27. The van der Waals surface area contributed by atoms with Crippen LogP contribution in [-0.4, -0.2) is 19.8 Å². The number of pyridine rings is 1. The van der Waals surface area contributed by atoms with Gasteiger partial charge in [0.15, 0.2) is 0 Å². The molecule has 0 bridgehead atoms. The third kappa shape index (κ3) is 2.59. The van der Waals surface area contributed by atoms with Crippen molar-refractivity contribution in [1.82, 2.24) is 14.8 Å². The molecule has 2 N–H and O–H groups in total. The molecule has 0 saturated carbocycles. The SMILES string of the molecule is Cc1cc(Oc2cc(C(N)=S)ccn2)n(C)n1. The molecule has 0 saturated heterocycles. The highest BCUT2D eigenvalue weighted by molar-refractivity contribution is 7.80. The minimum Gasteiger partial charge on any atom is -0.421 e. The van der Waals surface area contributed by atoms with Crippen LogP contribution in [0.15, 0.2) is 24.4 Å². The summed E-state index contributed by atoms with van der Waals surface area (Å²) in [5.41, 5.74) is 7.15. The molecule has 2 rings (SSSR count). The summed E-state index contributed by atoms with van der Waals surface area (Å²) in [5.74, 6) is 1.06. The molecule has 0 unspecified atom stereocenters. The number of aromatic nitrogens is 3. The molecule has 2 aromatic heterocycles. The number of hydrogen-bond acceptors (Lipinski definition) is 4. The van der Waals surface area contributed by atoms with E-state index >= 15 is 0 Å². The van der Waals surface area contributed by atoms with Crippen molar-refractivity contribution in [2.75, 3.05) is 0 Å². The van der Waals surface area contributed by atoms with Crippen LogP contribution in [0, 0.1) is 6.92 Å². The fourth-order valence-corrected chi connectivity index (χ4v) is 1.54. The topological polar surface area (TPSA) is 66.0 Å². The Labute approximate surface area is 104 Å². The van der Waals surface area contributed by atoms with E-state index in [9.17, 15) is 0 Å². The number of rotatable bonds is 3. The zero-order valence-corrected chi connectivity index (χ0v) is 10.4. The van der Waals surface area contributed by atoms with Crippen molar-refractivity contribution in [2.45, 2.75) is 6.92 Å². The van der Waals surface area contributed by atoms with Crippen LogP contribution in [0.3, 0.4) is 0 Å². The van der Waals surface area contributed by atoms with Crippen molar-refractivity contribution in [3.63, 3.8) is 0 Å². The Balaban J connectivity index is 2.27. The van der Waals surface area contributed by atoms with Gasteiger partial charge in [0.25, 0.3) is 0 Å². The number of thiocarbonyl (C=S) groups is 1. The van der Waals surface area contributed by atoms with E-state index in [4.69, 9.17) is 22.7 Å². The van der Waals surface area contributed by atoms with E-state index in [-0.39, 0.29) is 0 Å². The molecule has 2 aromatic rings. The van der Waals surface area contributed by atoms with Gasteiger partial charge in [-0.2, -0.15) is 5.10 Å². The number of ether oxygens (including phenoxy) is 1. The third-order valence-electron chi connectivity index (χ3n) is 2.19. The lowest BCUT2D eigenvalue weighted by molar-refractivity contribution is 0.415. The van der Waals surface area contributed by atoms with Gasteiger partial charge in [0.2, 0.25) is 11.8 Å². The predicted octanol–water partition coefficient (Wildman–Crippen LogP) is 1.55. The zero-order valence-electron chi connectivity index (χ0n) is 9.54. The second kappa shape index (κ2) is 4.50. The molecular formula is C11H12N4OS. The van der Waals surface area contributed by atoms with E-state index < -0.39 is 0 Å². The molecule has 0 amide bonds. The quantitative estimate of drug-likeness (QED) is 0.835. The van der Waals surface area contributed by atoms with Crippen molar-refractivity contribution in [2.24, 2.45) is 12.8 Å². The van der Waals surface area contributed by atoms with Gasteiger partial charge in [0.05, 0.1) is 5.69 Å². The first-order valence-electron chi connectivity index (χ1n) is 5.00. The predicted molar refractivity (Wildman–Crippen MR) is 68.1 cm³/mol. The second-order valence-electron chi connectivity index (χ2n) is 3.60. The van der Waals surface area contributed by atoms with Crippen LogP contribution >= 0.6 is 12.2 Å². The van der Waals surface area contributed by atoms with Crippen molar-refractivity contribution in [3.05, 3.63) is 35.7 Å². The molecule has 5 nitrogen and oxygen atoms in total. The number of nitrogens with zero attached hydrogens (tertiary/aromatic N) is 3. The first-order valence-corrected chi connectivity index (χ1v) is 5.41. The minimum absolute atomic E-state index is 0.318. The number of nitrogens with two attached hydrogens (primary N) is 1. The van der Waals surface area contributed by atoms with E-state index in [0.29, 0.717) is 16.7 Å². The molecule has 0 aromatic carbocycles. The van der Waals surface area contributed by atoms with Crippen molar-refractivity contribution >= 4 is 17.2 Å². The summed E-state index contributed by atoms with van der Waals surface area (Å²) in [6.07, 6.45) is 1.60. The van der Waals surface area contributed by atoms with Gasteiger partial charge in [0, 0.05) is 30.9 Å². The summed E-state index contributed by atoms with van der Waals surface area (Å²) in [5, 5.41) is 4.18. The smallest absolute Gasteiger partial charge is 0.221 e. The minimum atomic E-state index is 0.318. The molecule has 0 spiro atoms. The summed E-state index contributed by atoms with van der Waals surface area (Å²) in [7, 11) is 1.81. The Morgan fingerprint density at radius 1 is 1.47 bits per heavy atom. The standard InChI is InChI=1S/C11H12N4OS/c1-7-5-10(15(2)14-7)16-9-6-8(11(12)17)3-4-13-9/h3-6H,1-2H3,(H2,12,17). The highest BCUT2D eigenvalue weighted by atomic mass is 32.1. The molecule has 0 radical (unpaired) electrons. The molecule has 6 heteroatoms. The molecule has 0 aliphatic rings. The van der Waals surface area contributed by atoms with Crippen LogP contribution in [0.5, 0.6) is 11.8 Å². The van der Waals surface area contributed by atoms with Gasteiger partial charge in [-0.3, -0.25) is 0 Å². The van der Waals surface area contributed by atoms with Gasteiger partial charge >= 0.3 is 0 Å². The van der Waals surface area contributed by atoms with E-state index in [1.165, 1.54) is 0 Å². The molecular weight excluding hydrogens is 236 g/mol. The average molecular weight is 248 g/mol. The van der Waals surface area contributed by atoms with Gasteiger partial charge in [-0.25, -0.2) is 9.67 Å². The molecule has 0 fully saturated rings. The monoisotopic (exact) mass is 248 g/mol. The first-order chi connectivity index (χ1) is 8.06. The van der Waals surface area contributed by atoms with Crippen molar-refractivity contribution in [1.29, 1.82) is 0 Å². The molecule has 2 heterocycles. The lowest BCUT2D eigenvalue weighted by atomic mass is 10.3. The molecule has 88 valence electrons. The number of aryl methyl sites for hydroxylation is 2. The van der Waals surface area contributed by atoms with Crippen LogP contribution in [0.25, 0.3) is 0 Å². The summed E-state index contributed by atoms with van der Waals surface area (Å²) >= 11 is 4.89. The van der Waals surface area contributed by atoms with Gasteiger partial charge in [0.1, 0.15) is 4.99 Å². The van der Waals surface area contributed by atoms with Crippen molar-refractivity contribution in [3.8, 4) is 11.8 Å². The maximum absolute atomic E-state index is 5.59. The lowest BCUT2D eigenvalue weighted by Crippen LogP contribution is -2.09. The summed E-state index contributed by atoms with van der Waals surface area (Å²) in [4.78, 5) is 4.41. The van der Waals surface area contributed by atoms with Crippen LogP contribution in [-0.2, 0) is 7.05 Å². The van der Waals surface area contributed by atoms with E-state index in [1.807, 2.05) is 13.0 Å². The Hall–Kier alpha value is -1.95. The Morgan fingerprint density at radius 2 is 2.24 bits per heavy atom. The van der Waals surface area contributed by atoms with Crippen LogP contribution in [0.1, 0.15) is 11.3 Å². The maximum atomic E-state index is 5.59.